The van der Waals surface area contributed by atoms with Gasteiger partial charge in [0.25, 0.3) is 11.8 Å². The maximum absolute atomic E-state index is 13.5. The normalized spacial score (nSPS) is 14.3. The number of anilines is 1. The summed E-state index contributed by atoms with van der Waals surface area (Å²) in [5.74, 6) is -1.12. The smallest absolute Gasteiger partial charge is 0.339 e. The maximum Gasteiger partial charge on any atom is 0.339 e. The number of amides is 4. The lowest BCUT2D eigenvalue weighted by molar-refractivity contribution is -0.122. The third-order valence-corrected chi connectivity index (χ3v) is 8.63. The second-order valence-corrected chi connectivity index (χ2v) is 12.5. The molecule has 1 aliphatic rings. The molecular weight excluding hydrogens is 711 g/mol. The first kappa shape index (κ1) is 31.7. The summed E-state index contributed by atoms with van der Waals surface area (Å²) < 4.78 is 43.3. The highest BCUT2D eigenvalue weighted by atomic mass is 127. The minimum atomic E-state index is -4.19. The Hall–Kier alpha value is -4.69. The van der Waals surface area contributed by atoms with Crippen LogP contribution in [0.1, 0.15) is 23.6 Å². The van der Waals surface area contributed by atoms with Gasteiger partial charge in [-0.25, -0.2) is 9.69 Å². The molecule has 1 aliphatic heterocycles. The molecule has 10 nitrogen and oxygen atoms in total. The van der Waals surface area contributed by atoms with Crippen LogP contribution in [0.3, 0.4) is 0 Å². The largest absolute Gasteiger partial charge is 0.490 e. The van der Waals surface area contributed by atoms with Gasteiger partial charge in [0.1, 0.15) is 22.8 Å². The summed E-state index contributed by atoms with van der Waals surface area (Å²) in [7, 11) is -4.19. The SMILES string of the molecule is CCOc1cc(/C=C2\C(=O)NC(=O)N(c3ccc(OCc4ccccc4)cc3)C2=O)cc(I)c1OS(=O)(=O)c1ccc(C)cc1. The van der Waals surface area contributed by atoms with E-state index >= 15 is 0 Å². The van der Waals surface area contributed by atoms with E-state index in [1.54, 1.807) is 43.3 Å². The Morgan fingerprint density at radius 1 is 0.889 bits per heavy atom. The molecule has 1 N–H and O–H groups in total. The third-order valence-electron chi connectivity index (χ3n) is 6.59. The van der Waals surface area contributed by atoms with Gasteiger partial charge in [0.2, 0.25) is 0 Å². The Morgan fingerprint density at radius 3 is 2.24 bits per heavy atom. The van der Waals surface area contributed by atoms with E-state index in [1.807, 2.05) is 59.8 Å². The van der Waals surface area contributed by atoms with Crippen LogP contribution in [0.5, 0.6) is 17.2 Å². The Balaban J connectivity index is 1.40. The molecule has 1 fully saturated rings. The van der Waals surface area contributed by atoms with Gasteiger partial charge in [-0.3, -0.25) is 14.9 Å². The van der Waals surface area contributed by atoms with Crippen LogP contribution in [0.4, 0.5) is 10.5 Å². The number of rotatable bonds is 10. The highest BCUT2D eigenvalue weighted by Crippen LogP contribution is 2.37. The van der Waals surface area contributed by atoms with E-state index in [0.717, 1.165) is 16.0 Å². The fourth-order valence-electron chi connectivity index (χ4n) is 4.37. The van der Waals surface area contributed by atoms with E-state index in [4.69, 9.17) is 13.7 Å². The van der Waals surface area contributed by atoms with Gasteiger partial charge in [-0.1, -0.05) is 48.0 Å². The van der Waals surface area contributed by atoms with Crippen LogP contribution >= 0.6 is 22.6 Å². The quantitative estimate of drug-likeness (QED) is 0.0908. The van der Waals surface area contributed by atoms with E-state index in [2.05, 4.69) is 5.32 Å². The van der Waals surface area contributed by atoms with Gasteiger partial charge in [0.15, 0.2) is 11.5 Å². The molecule has 230 valence electrons. The van der Waals surface area contributed by atoms with Gasteiger partial charge in [0, 0.05) is 0 Å². The molecule has 4 aromatic rings. The zero-order chi connectivity index (χ0) is 32.1. The Labute approximate surface area is 273 Å². The molecule has 4 aromatic carbocycles. The summed E-state index contributed by atoms with van der Waals surface area (Å²) in [6.45, 7) is 4.08. The van der Waals surface area contributed by atoms with Gasteiger partial charge < -0.3 is 13.7 Å². The number of hydrogen-bond acceptors (Lipinski definition) is 8. The van der Waals surface area contributed by atoms with E-state index in [1.165, 1.54) is 30.3 Å². The second-order valence-electron chi connectivity index (χ2n) is 9.84. The molecule has 45 heavy (non-hydrogen) atoms. The van der Waals surface area contributed by atoms with E-state index < -0.39 is 28.0 Å². The number of carbonyl (C=O) groups is 3. The fourth-order valence-corrected chi connectivity index (χ4v) is 6.21. The zero-order valence-corrected chi connectivity index (χ0v) is 27.1. The van der Waals surface area contributed by atoms with Crippen molar-refractivity contribution in [3.05, 3.63) is 117 Å². The number of nitrogens with one attached hydrogen (secondary N) is 1. The minimum absolute atomic E-state index is 0.0254. The average Bonchev–Trinajstić information content (AvgIpc) is 3.01. The number of barbiturate groups is 1. The zero-order valence-electron chi connectivity index (χ0n) is 24.2. The molecule has 0 radical (unpaired) electrons. The molecule has 0 atom stereocenters. The molecule has 0 spiro atoms. The average molecular weight is 739 g/mol. The van der Waals surface area contributed by atoms with E-state index in [0.29, 0.717) is 21.5 Å². The van der Waals surface area contributed by atoms with Gasteiger partial charge in [-0.2, -0.15) is 8.42 Å². The number of imide groups is 2. The van der Waals surface area contributed by atoms with Crippen LogP contribution < -0.4 is 23.9 Å². The van der Waals surface area contributed by atoms with Gasteiger partial charge in [0.05, 0.1) is 15.9 Å². The fraction of sp³-hybridized carbons (Fsp3) is 0.121. The number of halogens is 1. The predicted molar refractivity (Wildman–Crippen MR) is 176 cm³/mol. The van der Waals surface area contributed by atoms with Crippen LogP contribution in [0.2, 0.25) is 0 Å². The second kappa shape index (κ2) is 13.5. The Bertz CT molecular complexity index is 1890. The lowest BCUT2D eigenvalue weighted by Gasteiger charge is -2.26. The topological polar surface area (TPSA) is 128 Å². The molecule has 0 aromatic heterocycles. The number of urea groups is 1. The van der Waals surface area contributed by atoms with Crippen molar-refractivity contribution in [3.8, 4) is 17.2 Å². The van der Waals surface area contributed by atoms with Crippen molar-refractivity contribution in [2.24, 2.45) is 0 Å². The van der Waals surface area contributed by atoms with Crippen LogP contribution in [0, 0.1) is 10.5 Å². The standard InChI is InChI=1S/C33H27IN2O8S/c1-3-42-29-19-23(18-28(34)30(29)44-45(40,41)26-15-9-21(2)10-16-26)17-27-31(37)35-33(39)36(32(27)38)24-11-13-25(14-12-24)43-20-22-7-5-4-6-8-22/h4-19H,3,20H2,1-2H3,(H,35,37,39)/b27-17+. The van der Waals surface area contributed by atoms with Crippen molar-refractivity contribution in [3.63, 3.8) is 0 Å². The van der Waals surface area contributed by atoms with Crippen molar-refractivity contribution < 1.29 is 36.5 Å². The number of hydrogen-bond donors (Lipinski definition) is 1. The predicted octanol–water partition coefficient (Wildman–Crippen LogP) is 6.01. The van der Waals surface area contributed by atoms with Crippen molar-refractivity contribution in [2.45, 2.75) is 25.3 Å². The van der Waals surface area contributed by atoms with E-state index in [9.17, 15) is 22.8 Å². The summed E-state index contributed by atoms with van der Waals surface area (Å²) in [5.41, 5.74) is 2.15. The first-order valence-corrected chi connectivity index (χ1v) is 16.2. The molecule has 5 rings (SSSR count). The van der Waals surface area contributed by atoms with Crippen molar-refractivity contribution >= 4 is 62.3 Å². The number of ether oxygens (including phenoxy) is 2. The van der Waals surface area contributed by atoms with Crippen LogP contribution in [0.25, 0.3) is 6.08 Å². The summed E-state index contributed by atoms with van der Waals surface area (Å²) in [6, 6.07) is 24.2. The summed E-state index contributed by atoms with van der Waals surface area (Å²) in [5, 5.41) is 2.20. The molecule has 1 heterocycles. The molecular formula is C33H27IN2O8S. The molecule has 1 saturated heterocycles. The minimum Gasteiger partial charge on any atom is -0.490 e. The van der Waals surface area contributed by atoms with Crippen molar-refractivity contribution in [2.75, 3.05) is 11.5 Å². The Kier molecular flexibility index (Phi) is 9.54. The molecule has 0 bridgehead atoms. The highest BCUT2D eigenvalue weighted by molar-refractivity contribution is 14.1. The number of aryl methyl sites for hydroxylation is 1. The first-order valence-electron chi connectivity index (χ1n) is 13.7. The first-order chi connectivity index (χ1) is 21.6. The molecule has 4 amide bonds. The lowest BCUT2D eigenvalue weighted by Crippen LogP contribution is -2.54. The van der Waals surface area contributed by atoms with Crippen LogP contribution in [0.15, 0.2) is 101 Å². The summed E-state index contributed by atoms with van der Waals surface area (Å²) in [6.07, 6.45) is 1.30. The van der Waals surface area contributed by atoms with Gasteiger partial charge >= 0.3 is 16.1 Å². The maximum atomic E-state index is 13.5. The van der Waals surface area contributed by atoms with E-state index in [-0.39, 0.29) is 34.3 Å². The van der Waals surface area contributed by atoms with Gasteiger partial charge in [-0.05, 0) is 102 Å². The highest BCUT2D eigenvalue weighted by Gasteiger charge is 2.37. The number of nitrogens with zero attached hydrogens (tertiary/aromatic N) is 1. The monoisotopic (exact) mass is 738 g/mol. The number of benzene rings is 4. The van der Waals surface area contributed by atoms with Crippen molar-refractivity contribution in [1.29, 1.82) is 0 Å². The van der Waals surface area contributed by atoms with Crippen LogP contribution in [-0.2, 0) is 26.3 Å². The molecule has 12 heteroatoms. The number of carbonyl (C=O) groups excluding carboxylic acids is 3. The van der Waals surface area contributed by atoms with Gasteiger partial charge in [-0.15, -0.1) is 0 Å². The Morgan fingerprint density at radius 2 is 1.58 bits per heavy atom. The molecule has 0 unspecified atom stereocenters. The van der Waals surface area contributed by atoms with Crippen molar-refractivity contribution in [1.82, 2.24) is 5.32 Å². The third kappa shape index (κ3) is 7.35. The molecule has 0 saturated carbocycles. The summed E-state index contributed by atoms with van der Waals surface area (Å²) >= 11 is 1.89. The molecule has 0 aliphatic carbocycles. The van der Waals surface area contributed by atoms with Crippen LogP contribution in [-0.4, -0.2) is 32.9 Å². The summed E-state index contributed by atoms with van der Waals surface area (Å²) in [4.78, 5) is 39.8. The lowest BCUT2D eigenvalue weighted by atomic mass is 10.1.